The molecule has 0 atom stereocenters. The normalized spacial score (nSPS) is 10.2. The van der Waals surface area contributed by atoms with Crippen LogP contribution in [-0.2, 0) is 9.59 Å². The van der Waals surface area contributed by atoms with E-state index in [-0.39, 0.29) is 6.42 Å². The highest BCUT2D eigenvalue weighted by molar-refractivity contribution is 5.75. The molecule has 3 N–H and O–H groups in total. The summed E-state index contributed by atoms with van der Waals surface area (Å²) in [5.74, 6) is -1.82. The minimum Gasteiger partial charge on any atom is -0.481 e. The first-order valence-electron chi connectivity index (χ1n) is 7.27. The maximum atomic E-state index is 11.2. The molecule has 0 spiro atoms. The monoisotopic (exact) mass is 299 g/mol. The third-order valence-electron chi connectivity index (χ3n) is 3.07. The average Bonchev–Trinajstić information content (AvgIpc) is 2.40. The molecule has 0 heterocycles. The van der Waals surface area contributed by atoms with Crippen LogP contribution in [-0.4, -0.2) is 35.2 Å². The smallest absolute Gasteiger partial charge is 0.310 e. The van der Waals surface area contributed by atoms with Gasteiger partial charge < -0.3 is 15.5 Å². The molecule has 0 rings (SSSR count). The number of rotatable bonds is 11. The Morgan fingerprint density at radius 3 is 1.81 bits per heavy atom. The molecule has 0 saturated carbocycles. The van der Waals surface area contributed by atoms with E-state index in [1.165, 1.54) is 0 Å². The minimum absolute atomic E-state index is 0.0106. The van der Waals surface area contributed by atoms with Crippen LogP contribution in [0.2, 0.25) is 0 Å². The zero-order valence-electron chi connectivity index (χ0n) is 13.2. The quantitative estimate of drug-likeness (QED) is 0.510. The van der Waals surface area contributed by atoms with Crippen LogP contribution in [0.5, 0.6) is 0 Å². The van der Waals surface area contributed by atoms with Gasteiger partial charge in [0.2, 0.25) is 0 Å². The van der Waals surface area contributed by atoms with E-state index in [2.05, 4.69) is 32.3 Å². The molecule has 0 unspecified atom stereocenters. The molecule has 0 bridgehead atoms. The summed E-state index contributed by atoms with van der Waals surface area (Å²) in [4.78, 5) is 21.6. The standard InChI is InChI=1S/C12H18O4.C4H11N/c1-3-7-12(8-4-2,11(15)16)9-5-6-10(13)14;1-3-5-4-2/h3-4H,1-2,5-9H2,(H,13,14)(H,15,16);5H,3-4H2,1-2H3. The molecule has 5 heteroatoms. The zero-order chi connectivity index (χ0) is 16.7. The summed E-state index contributed by atoms with van der Waals surface area (Å²) < 4.78 is 0. The van der Waals surface area contributed by atoms with Gasteiger partial charge in [0, 0.05) is 6.42 Å². The number of carboxylic acid groups (broad SMARTS) is 2. The first-order chi connectivity index (χ1) is 9.90. The maximum Gasteiger partial charge on any atom is 0.310 e. The molecule has 5 nitrogen and oxygen atoms in total. The lowest BCUT2D eigenvalue weighted by atomic mass is 9.77. The Labute approximate surface area is 127 Å². The van der Waals surface area contributed by atoms with Gasteiger partial charge in [0.15, 0.2) is 0 Å². The van der Waals surface area contributed by atoms with Crippen molar-refractivity contribution in [1.29, 1.82) is 0 Å². The van der Waals surface area contributed by atoms with Crippen molar-refractivity contribution in [3.05, 3.63) is 25.3 Å². The molecule has 0 aromatic rings. The molecule has 0 radical (unpaired) electrons. The highest BCUT2D eigenvalue weighted by Crippen LogP contribution is 2.34. The molecule has 0 aliphatic heterocycles. The lowest BCUT2D eigenvalue weighted by Crippen LogP contribution is -2.30. The van der Waals surface area contributed by atoms with Crippen molar-refractivity contribution in [2.24, 2.45) is 5.41 Å². The summed E-state index contributed by atoms with van der Waals surface area (Å²) in [5, 5.41) is 20.8. The molecule has 122 valence electrons. The van der Waals surface area contributed by atoms with Gasteiger partial charge in [0.1, 0.15) is 0 Å². The highest BCUT2D eigenvalue weighted by atomic mass is 16.4. The number of nitrogens with one attached hydrogen (secondary N) is 1. The number of aliphatic carboxylic acids is 2. The Hall–Kier alpha value is -1.62. The fourth-order valence-electron chi connectivity index (χ4n) is 1.95. The number of carbonyl (C=O) groups is 2. The van der Waals surface area contributed by atoms with Gasteiger partial charge >= 0.3 is 11.9 Å². The van der Waals surface area contributed by atoms with Gasteiger partial charge in [-0.1, -0.05) is 26.0 Å². The molecule has 21 heavy (non-hydrogen) atoms. The van der Waals surface area contributed by atoms with Crippen LogP contribution in [0, 0.1) is 5.41 Å². The van der Waals surface area contributed by atoms with Gasteiger partial charge in [0.25, 0.3) is 0 Å². The van der Waals surface area contributed by atoms with Crippen LogP contribution in [0.3, 0.4) is 0 Å². The Morgan fingerprint density at radius 1 is 1.10 bits per heavy atom. The predicted octanol–water partition coefficient (Wildman–Crippen LogP) is 3.08. The Balaban J connectivity index is 0. The summed E-state index contributed by atoms with van der Waals surface area (Å²) >= 11 is 0. The van der Waals surface area contributed by atoms with Crippen LogP contribution >= 0.6 is 0 Å². The van der Waals surface area contributed by atoms with E-state index in [0.29, 0.717) is 25.7 Å². The SMILES string of the molecule is C=CCC(CC=C)(CCCC(=O)O)C(=O)O.CCNCC. The average molecular weight is 299 g/mol. The number of carboxylic acids is 2. The third-order valence-corrected chi connectivity index (χ3v) is 3.07. The first kappa shape index (κ1) is 21.7. The summed E-state index contributed by atoms with van der Waals surface area (Å²) in [5.41, 5.74) is -0.945. The first-order valence-corrected chi connectivity index (χ1v) is 7.27. The predicted molar refractivity (Wildman–Crippen MR) is 85.4 cm³/mol. The summed E-state index contributed by atoms with van der Waals surface area (Å²) in [7, 11) is 0. The zero-order valence-corrected chi connectivity index (χ0v) is 13.2. The Morgan fingerprint density at radius 2 is 1.57 bits per heavy atom. The minimum atomic E-state index is -0.945. The van der Waals surface area contributed by atoms with Crippen molar-refractivity contribution in [2.75, 3.05) is 13.1 Å². The molecule has 0 aliphatic carbocycles. The molecular formula is C16H29NO4. The van der Waals surface area contributed by atoms with E-state index in [0.717, 1.165) is 13.1 Å². The van der Waals surface area contributed by atoms with Crippen LogP contribution in [0.4, 0.5) is 0 Å². The van der Waals surface area contributed by atoms with Crippen molar-refractivity contribution >= 4 is 11.9 Å². The summed E-state index contributed by atoms with van der Waals surface area (Å²) in [6.07, 6.45) is 4.43. The van der Waals surface area contributed by atoms with Crippen molar-refractivity contribution in [1.82, 2.24) is 5.32 Å². The van der Waals surface area contributed by atoms with E-state index in [9.17, 15) is 14.7 Å². The van der Waals surface area contributed by atoms with Crippen molar-refractivity contribution in [3.8, 4) is 0 Å². The molecule has 0 aromatic heterocycles. The lowest BCUT2D eigenvalue weighted by Gasteiger charge is -2.26. The van der Waals surface area contributed by atoms with E-state index >= 15 is 0 Å². The van der Waals surface area contributed by atoms with Gasteiger partial charge in [-0.25, -0.2) is 0 Å². The van der Waals surface area contributed by atoms with Gasteiger partial charge in [-0.3, -0.25) is 9.59 Å². The maximum absolute atomic E-state index is 11.2. The van der Waals surface area contributed by atoms with Crippen LogP contribution in [0.15, 0.2) is 25.3 Å². The second-order valence-corrected chi connectivity index (χ2v) is 4.78. The molecule has 0 aromatic carbocycles. The van der Waals surface area contributed by atoms with Crippen molar-refractivity contribution in [3.63, 3.8) is 0 Å². The van der Waals surface area contributed by atoms with E-state index in [1.54, 1.807) is 12.2 Å². The van der Waals surface area contributed by atoms with Crippen LogP contribution in [0.1, 0.15) is 46.0 Å². The molecule has 0 aliphatic rings. The lowest BCUT2D eigenvalue weighted by molar-refractivity contribution is -0.150. The Bertz CT molecular complexity index is 314. The second-order valence-electron chi connectivity index (χ2n) is 4.78. The molecule has 0 fully saturated rings. The number of allylic oxidation sites excluding steroid dienone is 2. The fourth-order valence-corrected chi connectivity index (χ4v) is 1.95. The summed E-state index contributed by atoms with van der Waals surface area (Å²) in [6, 6.07) is 0. The largest absolute Gasteiger partial charge is 0.481 e. The van der Waals surface area contributed by atoms with Gasteiger partial charge in [-0.05, 0) is 38.8 Å². The topological polar surface area (TPSA) is 86.6 Å². The molecule has 0 saturated heterocycles. The Kier molecular flexibility index (Phi) is 13.8. The van der Waals surface area contributed by atoms with Gasteiger partial charge in [0.05, 0.1) is 5.41 Å². The van der Waals surface area contributed by atoms with E-state index < -0.39 is 17.4 Å². The second kappa shape index (κ2) is 13.4. The number of hydrogen-bond donors (Lipinski definition) is 3. The van der Waals surface area contributed by atoms with E-state index in [1.807, 2.05) is 0 Å². The van der Waals surface area contributed by atoms with Gasteiger partial charge in [-0.15, -0.1) is 13.2 Å². The van der Waals surface area contributed by atoms with Gasteiger partial charge in [-0.2, -0.15) is 0 Å². The van der Waals surface area contributed by atoms with Crippen molar-refractivity contribution in [2.45, 2.75) is 46.0 Å². The molecular weight excluding hydrogens is 270 g/mol. The van der Waals surface area contributed by atoms with Crippen LogP contribution < -0.4 is 5.32 Å². The van der Waals surface area contributed by atoms with E-state index in [4.69, 9.17) is 5.11 Å². The summed E-state index contributed by atoms with van der Waals surface area (Å²) in [6.45, 7) is 13.5. The fraction of sp³-hybridized carbons (Fsp3) is 0.625. The van der Waals surface area contributed by atoms with Crippen LogP contribution in [0.25, 0.3) is 0 Å². The highest BCUT2D eigenvalue weighted by Gasteiger charge is 2.35. The third kappa shape index (κ3) is 10.8. The number of hydrogen-bond acceptors (Lipinski definition) is 3. The molecule has 0 amide bonds. The van der Waals surface area contributed by atoms with Crippen molar-refractivity contribution < 1.29 is 19.8 Å².